The summed E-state index contributed by atoms with van der Waals surface area (Å²) in [5, 5.41) is 0. The molecule has 0 spiro atoms. The van der Waals surface area contributed by atoms with Crippen LogP contribution in [0.25, 0.3) is 0 Å². The largest absolute Gasteiger partial charge is 0.304 e. The number of carbonyl (C=O) groups excluding carboxylic acids is 1. The van der Waals surface area contributed by atoms with E-state index in [0.29, 0.717) is 12.1 Å². The number of halogens is 1. The summed E-state index contributed by atoms with van der Waals surface area (Å²) in [7, 11) is -3.55. The van der Waals surface area contributed by atoms with Gasteiger partial charge in [0.05, 0.1) is 4.90 Å². The fraction of sp³-hybridized carbons (Fsp3) is 0.533. The lowest BCUT2D eigenvalue weighted by molar-refractivity contribution is 0.101. The van der Waals surface area contributed by atoms with Gasteiger partial charge in [0.15, 0.2) is 5.78 Å². The first kappa shape index (κ1) is 21.0. The SMILES string of the molecule is CCN(CC)CCCNS(=O)(=O)c1cccc(C(C)=O)c1.Cl. The molecule has 1 N–H and O–H groups in total. The monoisotopic (exact) mass is 348 g/mol. The average Bonchev–Trinajstić information content (AvgIpc) is 2.47. The molecule has 0 unspecified atom stereocenters. The van der Waals surface area contributed by atoms with Crippen molar-refractivity contribution in [2.45, 2.75) is 32.1 Å². The normalized spacial score (nSPS) is 11.3. The quantitative estimate of drug-likeness (QED) is 0.549. The van der Waals surface area contributed by atoms with Gasteiger partial charge in [-0.3, -0.25) is 4.79 Å². The van der Waals surface area contributed by atoms with E-state index in [2.05, 4.69) is 23.5 Å². The lowest BCUT2D eigenvalue weighted by Gasteiger charge is -2.17. The minimum Gasteiger partial charge on any atom is -0.304 e. The summed E-state index contributed by atoms with van der Waals surface area (Å²) in [6.45, 7) is 8.77. The third kappa shape index (κ3) is 6.44. The van der Waals surface area contributed by atoms with Crippen LogP contribution < -0.4 is 4.72 Å². The Bertz CT molecular complexity index is 572. The maximum Gasteiger partial charge on any atom is 0.240 e. The first-order valence-electron chi connectivity index (χ1n) is 7.23. The topological polar surface area (TPSA) is 66.5 Å². The van der Waals surface area contributed by atoms with Crippen molar-refractivity contribution in [1.29, 1.82) is 0 Å². The molecule has 1 rings (SSSR count). The Labute approximate surface area is 139 Å². The Hall–Kier alpha value is -0.950. The molecule has 0 radical (unpaired) electrons. The van der Waals surface area contributed by atoms with E-state index in [1.165, 1.54) is 19.1 Å². The van der Waals surface area contributed by atoms with Gasteiger partial charge in [0.2, 0.25) is 10.0 Å². The van der Waals surface area contributed by atoms with E-state index in [4.69, 9.17) is 0 Å². The van der Waals surface area contributed by atoms with Gasteiger partial charge in [-0.15, -0.1) is 12.4 Å². The van der Waals surface area contributed by atoms with Gasteiger partial charge in [-0.1, -0.05) is 26.0 Å². The third-order valence-corrected chi connectivity index (χ3v) is 4.85. The lowest BCUT2D eigenvalue weighted by atomic mass is 10.2. The van der Waals surface area contributed by atoms with Crippen LogP contribution in [0, 0.1) is 0 Å². The molecule has 0 aliphatic rings. The summed E-state index contributed by atoms with van der Waals surface area (Å²) >= 11 is 0. The molecule has 0 bridgehead atoms. The van der Waals surface area contributed by atoms with Crippen molar-refractivity contribution in [3.05, 3.63) is 29.8 Å². The van der Waals surface area contributed by atoms with Crippen molar-refractivity contribution in [2.75, 3.05) is 26.2 Å². The maximum atomic E-state index is 12.2. The maximum absolute atomic E-state index is 12.2. The average molecular weight is 349 g/mol. The molecule has 5 nitrogen and oxygen atoms in total. The van der Waals surface area contributed by atoms with Crippen molar-refractivity contribution >= 4 is 28.2 Å². The predicted octanol–water partition coefficient (Wildman–Crippen LogP) is 2.32. The second-order valence-electron chi connectivity index (χ2n) is 4.86. The molecule has 7 heteroatoms. The van der Waals surface area contributed by atoms with Gasteiger partial charge in [0.1, 0.15) is 0 Å². The Morgan fingerprint density at radius 3 is 2.41 bits per heavy atom. The van der Waals surface area contributed by atoms with Crippen LogP contribution in [0.5, 0.6) is 0 Å². The van der Waals surface area contributed by atoms with Crippen LogP contribution in [0.1, 0.15) is 37.6 Å². The lowest BCUT2D eigenvalue weighted by Crippen LogP contribution is -2.30. The number of nitrogens with one attached hydrogen (secondary N) is 1. The molecule has 0 aliphatic carbocycles. The van der Waals surface area contributed by atoms with E-state index in [0.717, 1.165) is 26.1 Å². The fourth-order valence-corrected chi connectivity index (χ4v) is 3.13. The Morgan fingerprint density at radius 2 is 1.86 bits per heavy atom. The molecule has 0 heterocycles. The van der Waals surface area contributed by atoms with Gasteiger partial charge in [0, 0.05) is 12.1 Å². The zero-order chi connectivity index (χ0) is 15.9. The number of hydrogen-bond donors (Lipinski definition) is 1. The molecule has 1 aromatic carbocycles. The van der Waals surface area contributed by atoms with E-state index in [1.807, 2.05) is 0 Å². The van der Waals surface area contributed by atoms with Crippen LogP contribution in [0.15, 0.2) is 29.2 Å². The van der Waals surface area contributed by atoms with Crippen molar-refractivity contribution in [1.82, 2.24) is 9.62 Å². The highest BCUT2D eigenvalue weighted by molar-refractivity contribution is 7.89. The molecular formula is C15H25ClN2O3S. The number of benzene rings is 1. The summed E-state index contributed by atoms with van der Waals surface area (Å²) in [6.07, 6.45) is 0.757. The summed E-state index contributed by atoms with van der Waals surface area (Å²) < 4.78 is 26.9. The van der Waals surface area contributed by atoms with Crippen LogP contribution >= 0.6 is 12.4 Å². The highest BCUT2D eigenvalue weighted by atomic mass is 35.5. The summed E-state index contributed by atoms with van der Waals surface area (Å²) in [4.78, 5) is 13.7. The molecule has 126 valence electrons. The smallest absolute Gasteiger partial charge is 0.240 e. The van der Waals surface area contributed by atoms with Crippen LogP contribution in [0.3, 0.4) is 0 Å². The number of Topliss-reactive ketones (excluding diaryl/α,β-unsaturated/α-hetero) is 1. The van der Waals surface area contributed by atoms with Crippen LogP contribution in [-0.4, -0.2) is 45.3 Å². The minimum atomic E-state index is -3.55. The predicted molar refractivity (Wildman–Crippen MR) is 91.3 cm³/mol. The second-order valence-corrected chi connectivity index (χ2v) is 6.63. The fourth-order valence-electron chi connectivity index (χ4n) is 2.01. The molecule has 0 aromatic heterocycles. The van der Waals surface area contributed by atoms with Crippen molar-refractivity contribution in [3.63, 3.8) is 0 Å². The number of nitrogens with zero attached hydrogens (tertiary/aromatic N) is 1. The number of sulfonamides is 1. The number of hydrogen-bond acceptors (Lipinski definition) is 4. The number of rotatable bonds is 9. The zero-order valence-corrected chi connectivity index (χ0v) is 15.0. The molecule has 0 amide bonds. The molecule has 1 aromatic rings. The highest BCUT2D eigenvalue weighted by Gasteiger charge is 2.14. The molecule has 0 saturated carbocycles. The van der Waals surface area contributed by atoms with Crippen molar-refractivity contribution in [3.8, 4) is 0 Å². The highest BCUT2D eigenvalue weighted by Crippen LogP contribution is 2.11. The molecule has 0 saturated heterocycles. The molecule has 22 heavy (non-hydrogen) atoms. The van der Waals surface area contributed by atoms with E-state index in [-0.39, 0.29) is 23.1 Å². The van der Waals surface area contributed by atoms with E-state index < -0.39 is 10.0 Å². The molecule has 0 fully saturated rings. The van der Waals surface area contributed by atoms with Gasteiger partial charge in [0.25, 0.3) is 0 Å². The molecular weight excluding hydrogens is 324 g/mol. The summed E-state index contributed by atoms with van der Waals surface area (Å²) in [5.41, 5.74) is 0.404. The zero-order valence-electron chi connectivity index (χ0n) is 13.3. The Balaban J connectivity index is 0.00000441. The molecule has 0 atom stereocenters. The van der Waals surface area contributed by atoms with Crippen molar-refractivity contribution in [2.24, 2.45) is 0 Å². The van der Waals surface area contributed by atoms with Gasteiger partial charge < -0.3 is 4.90 Å². The number of carbonyl (C=O) groups is 1. The Kier molecular flexibility index (Phi) is 9.51. The first-order chi connectivity index (χ1) is 9.90. The standard InChI is InChI=1S/C15H24N2O3S.ClH/c1-4-17(5-2)11-7-10-16-21(19,20)15-9-6-8-14(12-15)13(3)18;/h6,8-9,12,16H,4-5,7,10-11H2,1-3H3;1H. The van der Waals surface area contributed by atoms with Gasteiger partial charge in [-0.25, -0.2) is 13.1 Å². The second kappa shape index (κ2) is 9.94. The van der Waals surface area contributed by atoms with E-state index in [1.54, 1.807) is 12.1 Å². The summed E-state index contributed by atoms with van der Waals surface area (Å²) in [5.74, 6) is -0.145. The van der Waals surface area contributed by atoms with Gasteiger partial charge >= 0.3 is 0 Å². The Morgan fingerprint density at radius 1 is 1.23 bits per heavy atom. The van der Waals surface area contributed by atoms with Crippen LogP contribution in [0.2, 0.25) is 0 Å². The van der Waals surface area contributed by atoms with E-state index in [9.17, 15) is 13.2 Å². The van der Waals surface area contributed by atoms with E-state index >= 15 is 0 Å². The number of ketones is 1. The third-order valence-electron chi connectivity index (χ3n) is 3.39. The first-order valence-corrected chi connectivity index (χ1v) is 8.72. The van der Waals surface area contributed by atoms with Crippen LogP contribution in [0.4, 0.5) is 0 Å². The van der Waals surface area contributed by atoms with Gasteiger partial charge in [-0.05, 0) is 45.1 Å². The van der Waals surface area contributed by atoms with Crippen LogP contribution in [-0.2, 0) is 10.0 Å². The summed E-state index contributed by atoms with van der Waals surface area (Å²) in [6, 6.07) is 6.11. The van der Waals surface area contributed by atoms with Gasteiger partial charge in [-0.2, -0.15) is 0 Å². The molecule has 0 aliphatic heterocycles. The van der Waals surface area contributed by atoms with Crippen molar-refractivity contribution < 1.29 is 13.2 Å². The minimum absolute atomic E-state index is 0.